The highest BCUT2D eigenvalue weighted by atomic mass is 35.5. The van der Waals surface area contributed by atoms with E-state index in [0.717, 1.165) is 12.1 Å². The Morgan fingerprint density at radius 3 is 2.05 bits per heavy atom. The molecule has 0 saturated carbocycles. The Labute approximate surface area is 127 Å². The fraction of sp³-hybridized carbons (Fsp3) is 0.538. The average Bonchev–Trinajstić information content (AvgIpc) is 2.23. The van der Waals surface area contributed by atoms with Crippen LogP contribution in [0, 0.1) is 5.41 Å². The van der Waals surface area contributed by atoms with Crippen molar-refractivity contribution >= 4 is 24.0 Å². The summed E-state index contributed by atoms with van der Waals surface area (Å²) in [5.41, 5.74) is 4.85. The predicted molar refractivity (Wildman–Crippen MR) is 76.1 cm³/mol. The largest absolute Gasteiger partial charge is 0.417 e. The Kier molecular flexibility index (Phi) is 6.36. The molecule has 1 aromatic rings. The van der Waals surface area contributed by atoms with Crippen LogP contribution in [0.3, 0.4) is 0 Å². The molecule has 0 radical (unpaired) electrons. The lowest BCUT2D eigenvalue weighted by Gasteiger charge is -2.31. The van der Waals surface area contributed by atoms with Crippen molar-refractivity contribution in [3.05, 3.63) is 34.3 Å². The molecule has 0 fully saturated rings. The van der Waals surface area contributed by atoms with Gasteiger partial charge in [0.1, 0.15) is 0 Å². The molecule has 116 valence electrons. The summed E-state index contributed by atoms with van der Waals surface area (Å²) in [5.74, 6) is 0. The molecular formula is C13H18Cl2F3NO. The molecule has 7 heteroatoms. The zero-order valence-corrected chi connectivity index (χ0v) is 12.9. The molecule has 3 N–H and O–H groups in total. The standard InChI is InChI=1S/C13H17ClF3NO.ClH/c1-12(2,3)11(19)10(18)7-4-5-8(9(14)6-7)13(15,16)17;/h4-6,10-11,19H,18H2,1-3H3;1H/t10-,11-;/m0./s1. The minimum atomic E-state index is -4.50. The number of alkyl halides is 3. The van der Waals surface area contributed by atoms with Crippen LogP contribution in [-0.4, -0.2) is 11.2 Å². The summed E-state index contributed by atoms with van der Waals surface area (Å²) in [6.07, 6.45) is -5.39. The molecule has 1 aromatic carbocycles. The van der Waals surface area contributed by atoms with E-state index < -0.39 is 34.3 Å². The fourth-order valence-electron chi connectivity index (χ4n) is 1.69. The van der Waals surface area contributed by atoms with Crippen LogP contribution in [-0.2, 0) is 6.18 Å². The van der Waals surface area contributed by atoms with Crippen LogP contribution in [0.2, 0.25) is 5.02 Å². The lowest BCUT2D eigenvalue weighted by molar-refractivity contribution is -0.137. The van der Waals surface area contributed by atoms with Crippen LogP contribution in [0.25, 0.3) is 0 Å². The highest BCUT2D eigenvalue weighted by Gasteiger charge is 2.34. The topological polar surface area (TPSA) is 46.2 Å². The molecule has 0 aromatic heterocycles. The van der Waals surface area contributed by atoms with Gasteiger partial charge in [0.2, 0.25) is 0 Å². The molecule has 0 aliphatic heterocycles. The van der Waals surface area contributed by atoms with Crippen LogP contribution >= 0.6 is 24.0 Å². The molecule has 2 atom stereocenters. The summed E-state index contributed by atoms with van der Waals surface area (Å²) >= 11 is 5.62. The van der Waals surface area contributed by atoms with Crippen molar-refractivity contribution in [1.82, 2.24) is 0 Å². The summed E-state index contributed by atoms with van der Waals surface area (Å²) in [5, 5.41) is 9.62. The lowest BCUT2D eigenvalue weighted by Crippen LogP contribution is -2.37. The zero-order valence-electron chi connectivity index (χ0n) is 11.3. The van der Waals surface area contributed by atoms with Crippen molar-refractivity contribution in [2.75, 3.05) is 0 Å². The number of halogens is 5. The summed E-state index contributed by atoms with van der Waals surface area (Å²) in [6.45, 7) is 5.38. The quantitative estimate of drug-likeness (QED) is 0.853. The first kappa shape index (κ1) is 19.5. The van der Waals surface area contributed by atoms with Gasteiger partial charge >= 0.3 is 6.18 Å². The first-order chi connectivity index (χ1) is 8.44. The van der Waals surface area contributed by atoms with Crippen LogP contribution in [0.5, 0.6) is 0 Å². The number of rotatable bonds is 2. The second kappa shape index (κ2) is 6.52. The van der Waals surface area contributed by atoms with Crippen molar-refractivity contribution < 1.29 is 18.3 Å². The van der Waals surface area contributed by atoms with Crippen LogP contribution in [0.15, 0.2) is 18.2 Å². The fourth-order valence-corrected chi connectivity index (χ4v) is 1.99. The molecule has 0 bridgehead atoms. The Bertz CT molecular complexity index is 458. The molecule has 20 heavy (non-hydrogen) atoms. The molecule has 0 unspecified atom stereocenters. The third-order valence-electron chi connectivity index (χ3n) is 2.91. The Hall–Kier alpha value is -0.490. The molecule has 0 amide bonds. The molecule has 1 rings (SSSR count). The molecule has 0 heterocycles. The average molecular weight is 332 g/mol. The normalized spacial score (nSPS) is 15.4. The van der Waals surface area contributed by atoms with Crippen molar-refractivity contribution in [1.29, 1.82) is 0 Å². The summed E-state index contributed by atoms with van der Waals surface area (Å²) in [7, 11) is 0. The molecule has 0 spiro atoms. The summed E-state index contributed by atoms with van der Waals surface area (Å²) in [6, 6.07) is 2.49. The van der Waals surface area contributed by atoms with Crippen molar-refractivity contribution in [3.63, 3.8) is 0 Å². The highest BCUT2D eigenvalue weighted by Crippen LogP contribution is 2.37. The maximum Gasteiger partial charge on any atom is 0.417 e. The number of nitrogens with two attached hydrogens (primary N) is 1. The van der Waals surface area contributed by atoms with E-state index >= 15 is 0 Å². The van der Waals surface area contributed by atoms with E-state index in [9.17, 15) is 18.3 Å². The van der Waals surface area contributed by atoms with Crippen molar-refractivity contribution in [2.24, 2.45) is 11.1 Å². The number of benzene rings is 1. The van der Waals surface area contributed by atoms with Gasteiger partial charge < -0.3 is 10.8 Å². The van der Waals surface area contributed by atoms with E-state index in [1.165, 1.54) is 6.07 Å². The maximum atomic E-state index is 12.6. The second-order valence-electron chi connectivity index (χ2n) is 5.57. The van der Waals surface area contributed by atoms with E-state index in [1.54, 1.807) is 20.8 Å². The second-order valence-corrected chi connectivity index (χ2v) is 5.98. The third kappa shape index (κ3) is 4.52. The van der Waals surface area contributed by atoms with Crippen molar-refractivity contribution in [3.8, 4) is 0 Å². The van der Waals surface area contributed by atoms with Crippen LogP contribution < -0.4 is 5.73 Å². The molecule has 0 aliphatic carbocycles. The van der Waals surface area contributed by atoms with Gasteiger partial charge in [0.05, 0.1) is 22.7 Å². The molecule has 2 nitrogen and oxygen atoms in total. The molecule has 0 aliphatic rings. The maximum absolute atomic E-state index is 12.6. The highest BCUT2D eigenvalue weighted by molar-refractivity contribution is 6.31. The lowest BCUT2D eigenvalue weighted by atomic mass is 9.82. The van der Waals surface area contributed by atoms with Gasteiger partial charge in [-0.2, -0.15) is 13.2 Å². The molecular weight excluding hydrogens is 314 g/mol. The Morgan fingerprint density at radius 1 is 1.20 bits per heavy atom. The van der Waals surface area contributed by atoms with E-state index in [2.05, 4.69) is 0 Å². The van der Waals surface area contributed by atoms with Gasteiger partial charge in [-0.05, 0) is 23.1 Å². The first-order valence-electron chi connectivity index (χ1n) is 5.75. The predicted octanol–water partition coefficient (Wildman–Crippen LogP) is 4.19. The van der Waals surface area contributed by atoms with Crippen LogP contribution in [0.4, 0.5) is 13.2 Å². The number of aliphatic hydroxyl groups is 1. The van der Waals surface area contributed by atoms with Gasteiger partial charge in [-0.3, -0.25) is 0 Å². The van der Waals surface area contributed by atoms with Crippen molar-refractivity contribution in [2.45, 2.75) is 39.1 Å². The van der Waals surface area contributed by atoms with Gasteiger partial charge in [0.25, 0.3) is 0 Å². The minimum Gasteiger partial charge on any atom is -0.391 e. The van der Waals surface area contributed by atoms with E-state index in [-0.39, 0.29) is 12.4 Å². The third-order valence-corrected chi connectivity index (χ3v) is 3.22. The van der Waals surface area contributed by atoms with Gasteiger partial charge in [0.15, 0.2) is 0 Å². The number of aliphatic hydroxyl groups excluding tert-OH is 1. The Balaban J connectivity index is 0.00000361. The smallest absolute Gasteiger partial charge is 0.391 e. The van der Waals surface area contributed by atoms with Crippen LogP contribution in [0.1, 0.15) is 37.9 Å². The van der Waals surface area contributed by atoms with E-state index in [4.69, 9.17) is 17.3 Å². The van der Waals surface area contributed by atoms with E-state index in [0.29, 0.717) is 5.56 Å². The zero-order chi connectivity index (χ0) is 15.0. The monoisotopic (exact) mass is 331 g/mol. The van der Waals surface area contributed by atoms with Gasteiger partial charge in [-0.25, -0.2) is 0 Å². The summed E-state index contributed by atoms with van der Waals surface area (Å²) < 4.78 is 37.7. The minimum absolute atomic E-state index is 0. The van der Waals surface area contributed by atoms with Gasteiger partial charge in [-0.15, -0.1) is 12.4 Å². The Morgan fingerprint density at radius 2 is 1.70 bits per heavy atom. The first-order valence-corrected chi connectivity index (χ1v) is 6.12. The summed E-state index contributed by atoms with van der Waals surface area (Å²) in [4.78, 5) is 0. The SMILES string of the molecule is CC(C)(C)[C@@H](O)[C@@H](N)c1ccc(C(F)(F)F)c(Cl)c1.Cl. The molecule has 0 saturated heterocycles. The number of hydrogen-bond acceptors (Lipinski definition) is 2. The van der Waals surface area contributed by atoms with Gasteiger partial charge in [0, 0.05) is 0 Å². The van der Waals surface area contributed by atoms with E-state index in [1.807, 2.05) is 0 Å². The van der Waals surface area contributed by atoms with Gasteiger partial charge in [-0.1, -0.05) is 38.4 Å². The number of hydrogen-bond donors (Lipinski definition) is 2.